The molecule has 3 heterocycles. The number of ether oxygens (including phenoxy) is 3. The Hall–Kier alpha value is -2.71. The maximum Gasteiger partial charge on any atom is 0.272 e. The maximum atomic E-state index is 12.8. The van der Waals surface area contributed by atoms with Crippen molar-refractivity contribution in [1.29, 1.82) is 0 Å². The summed E-state index contributed by atoms with van der Waals surface area (Å²) in [6.45, 7) is 2.42. The van der Waals surface area contributed by atoms with E-state index in [-0.39, 0.29) is 5.91 Å². The van der Waals surface area contributed by atoms with Gasteiger partial charge in [0.1, 0.15) is 11.4 Å². The van der Waals surface area contributed by atoms with Crippen molar-refractivity contribution in [2.24, 2.45) is 0 Å². The van der Waals surface area contributed by atoms with Gasteiger partial charge in [-0.25, -0.2) is 9.97 Å². The molecule has 1 spiro atoms. The van der Waals surface area contributed by atoms with E-state index in [1.54, 1.807) is 24.3 Å². The molecule has 0 aliphatic carbocycles. The van der Waals surface area contributed by atoms with Crippen LogP contribution in [-0.4, -0.2) is 60.0 Å². The third-order valence-electron chi connectivity index (χ3n) is 4.83. The zero-order valence-corrected chi connectivity index (χ0v) is 15.2. The van der Waals surface area contributed by atoms with E-state index in [2.05, 4.69) is 15.3 Å². The molecule has 0 bridgehead atoms. The first-order chi connectivity index (χ1) is 13.2. The van der Waals surface area contributed by atoms with Crippen LogP contribution in [0.3, 0.4) is 0 Å². The molecule has 1 aromatic carbocycles. The van der Waals surface area contributed by atoms with Crippen LogP contribution in [0.25, 0.3) is 0 Å². The molecule has 2 fully saturated rings. The van der Waals surface area contributed by atoms with Crippen molar-refractivity contribution >= 4 is 17.5 Å². The van der Waals surface area contributed by atoms with E-state index in [4.69, 9.17) is 14.2 Å². The number of nitrogens with zero attached hydrogens (tertiary/aromatic N) is 3. The maximum absolute atomic E-state index is 12.8. The largest absolute Gasteiger partial charge is 0.497 e. The van der Waals surface area contributed by atoms with Crippen LogP contribution in [0.15, 0.2) is 36.5 Å². The number of benzene rings is 1. The monoisotopic (exact) mass is 370 g/mol. The summed E-state index contributed by atoms with van der Waals surface area (Å²) >= 11 is 0. The number of piperidine rings is 1. The molecule has 0 atom stereocenters. The highest BCUT2D eigenvalue weighted by molar-refractivity contribution is 5.92. The number of anilines is 2. The lowest BCUT2D eigenvalue weighted by atomic mass is 10.0. The fourth-order valence-corrected chi connectivity index (χ4v) is 3.37. The Morgan fingerprint density at radius 2 is 2.00 bits per heavy atom. The van der Waals surface area contributed by atoms with Gasteiger partial charge in [0.05, 0.1) is 20.3 Å². The van der Waals surface area contributed by atoms with Gasteiger partial charge in [0.15, 0.2) is 5.79 Å². The highest BCUT2D eigenvalue weighted by Gasteiger charge is 2.41. The van der Waals surface area contributed by atoms with Gasteiger partial charge in [-0.1, -0.05) is 6.07 Å². The average molecular weight is 370 g/mol. The third kappa shape index (κ3) is 3.86. The minimum Gasteiger partial charge on any atom is -0.497 e. The molecule has 8 heteroatoms. The van der Waals surface area contributed by atoms with Gasteiger partial charge in [0.2, 0.25) is 5.95 Å². The number of methoxy groups -OCH3 is 1. The van der Waals surface area contributed by atoms with Crippen LogP contribution in [0.2, 0.25) is 0 Å². The molecular formula is C19H22N4O4. The number of rotatable bonds is 4. The molecule has 142 valence electrons. The number of amides is 1. The summed E-state index contributed by atoms with van der Waals surface area (Å²) in [4.78, 5) is 23.2. The lowest BCUT2D eigenvalue weighted by Crippen LogP contribution is -2.47. The lowest BCUT2D eigenvalue weighted by molar-refractivity contribution is -0.181. The van der Waals surface area contributed by atoms with E-state index in [9.17, 15) is 4.79 Å². The number of carbonyl (C=O) groups is 1. The van der Waals surface area contributed by atoms with Crippen molar-refractivity contribution in [2.75, 3.05) is 38.7 Å². The minimum atomic E-state index is -0.498. The number of nitrogens with one attached hydrogen (secondary N) is 1. The first-order valence-corrected chi connectivity index (χ1v) is 8.99. The Morgan fingerprint density at radius 3 is 2.74 bits per heavy atom. The summed E-state index contributed by atoms with van der Waals surface area (Å²) in [6.07, 6.45) is 2.94. The Kier molecular flexibility index (Phi) is 4.91. The predicted molar refractivity (Wildman–Crippen MR) is 98.1 cm³/mol. The van der Waals surface area contributed by atoms with Gasteiger partial charge in [-0.15, -0.1) is 0 Å². The molecule has 4 rings (SSSR count). The zero-order valence-electron chi connectivity index (χ0n) is 15.2. The standard InChI is InChI=1S/C19H22N4O4/c1-25-15-4-2-3-14(13-15)21-18-20-8-5-16(22-18)17(24)23-9-6-19(7-10-23)26-11-12-27-19/h2-5,8,13H,6-7,9-12H2,1H3,(H,20,21,22). The van der Waals surface area contributed by atoms with E-state index in [0.717, 1.165) is 11.4 Å². The quantitative estimate of drug-likeness (QED) is 0.883. The van der Waals surface area contributed by atoms with E-state index in [1.165, 1.54) is 0 Å². The molecule has 1 aromatic heterocycles. The van der Waals surface area contributed by atoms with Crippen LogP contribution in [0.5, 0.6) is 5.75 Å². The Morgan fingerprint density at radius 1 is 1.22 bits per heavy atom. The first kappa shape index (κ1) is 17.7. The van der Waals surface area contributed by atoms with Gasteiger partial charge in [0, 0.05) is 43.9 Å². The lowest BCUT2D eigenvalue weighted by Gasteiger charge is -2.37. The highest BCUT2D eigenvalue weighted by Crippen LogP contribution is 2.31. The van der Waals surface area contributed by atoms with Crippen LogP contribution in [0.4, 0.5) is 11.6 Å². The van der Waals surface area contributed by atoms with Crippen molar-refractivity contribution in [1.82, 2.24) is 14.9 Å². The zero-order chi connectivity index (χ0) is 18.7. The third-order valence-corrected chi connectivity index (χ3v) is 4.83. The van der Waals surface area contributed by atoms with Crippen LogP contribution < -0.4 is 10.1 Å². The van der Waals surface area contributed by atoms with E-state index < -0.39 is 5.79 Å². The van der Waals surface area contributed by atoms with Gasteiger partial charge < -0.3 is 24.4 Å². The number of hydrogen-bond donors (Lipinski definition) is 1. The van der Waals surface area contributed by atoms with Crippen LogP contribution >= 0.6 is 0 Å². The minimum absolute atomic E-state index is 0.112. The van der Waals surface area contributed by atoms with Gasteiger partial charge in [-0.05, 0) is 18.2 Å². The number of hydrogen-bond acceptors (Lipinski definition) is 7. The van der Waals surface area contributed by atoms with Crippen LogP contribution in [-0.2, 0) is 9.47 Å². The van der Waals surface area contributed by atoms with Crippen LogP contribution in [0.1, 0.15) is 23.3 Å². The van der Waals surface area contributed by atoms with Gasteiger partial charge in [-0.3, -0.25) is 4.79 Å². The van der Waals surface area contributed by atoms with E-state index >= 15 is 0 Å². The molecule has 0 unspecified atom stereocenters. The summed E-state index contributed by atoms with van der Waals surface area (Å²) < 4.78 is 16.6. The topological polar surface area (TPSA) is 85.8 Å². The molecule has 27 heavy (non-hydrogen) atoms. The molecule has 8 nitrogen and oxygen atoms in total. The Bertz CT molecular complexity index is 813. The second kappa shape index (κ2) is 7.50. The molecule has 0 saturated carbocycles. The van der Waals surface area contributed by atoms with Gasteiger partial charge >= 0.3 is 0 Å². The Labute approximate surface area is 157 Å². The van der Waals surface area contributed by atoms with Crippen molar-refractivity contribution in [2.45, 2.75) is 18.6 Å². The molecule has 2 aliphatic heterocycles. The number of likely N-dealkylation sites (tertiary alicyclic amines) is 1. The Balaban J connectivity index is 1.43. The summed E-state index contributed by atoms with van der Waals surface area (Å²) in [5.41, 5.74) is 1.15. The second-order valence-corrected chi connectivity index (χ2v) is 6.52. The van der Waals surface area contributed by atoms with Crippen molar-refractivity contribution in [3.8, 4) is 5.75 Å². The summed E-state index contributed by atoms with van der Waals surface area (Å²) in [5, 5.41) is 3.10. The fraction of sp³-hybridized carbons (Fsp3) is 0.421. The molecular weight excluding hydrogens is 348 g/mol. The normalized spacial score (nSPS) is 18.5. The van der Waals surface area contributed by atoms with Crippen molar-refractivity contribution < 1.29 is 19.0 Å². The number of carbonyl (C=O) groups excluding carboxylic acids is 1. The highest BCUT2D eigenvalue weighted by atomic mass is 16.7. The van der Waals surface area contributed by atoms with Gasteiger partial charge in [-0.2, -0.15) is 0 Å². The number of aromatic nitrogens is 2. The van der Waals surface area contributed by atoms with Gasteiger partial charge in [0.25, 0.3) is 5.91 Å². The smallest absolute Gasteiger partial charge is 0.272 e. The molecule has 1 N–H and O–H groups in total. The average Bonchev–Trinajstić information content (AvgIpc) is 3.16. The molecule has 2 aliphatic rings. The summed E-state index contributed by atoms with van der Waals surface area (Å²) in [6, 6.07) is 9.07. The SMILES string of the molecule is COc1cccc(Nc2nccc(C(=O)N3CCC4(CC3)OCCO4)n2)c1. The summed E-state index contributed by atoms with van der Waals surface area (Å²) in [7, 11) is 1.61. The van der Waals surface area contributed by atoms with E-state index in [1.807, 2.05) is 24.3 Å². The van der Waals surface area contributed by atoms with Crippen molar-refractivity contribution in [3.63, 3.8) is 0 Å². The molecule has 0 radical (unpaired) electrons. The molecule has 2 aromatic rings. The fourth-order valence-electron chi connectivity index (χ4n) is 3.37. The predicted octanol–water partition coefficient (Wildman–Crippen LogP) is 2.21. The molecule has 1 amide bonds. The molecule has 2 saturated heterocycles. The second-order valence-electron chi connectivity index (χ2n) is 6.52. The van der Waals surface area contributed by atoms with Crippen molar-refractivity contribution in [3.05, 3.63) is 42.2 Å². The first-order valence-electron chi connectivity index (χ1n) is 8.99. The summed E-state index contributed by atoms with van der Waals surface area (Å²) in [5.74, 6) is 0.483. The van der Waals surface area contributed by atoms with E-state index in [0.29, 0.717) is 50.8 Å². The van der Waals surface area contributed by atoms with Crippen LogP contribution in [0, 0.1) is 0 Å².